The van der Waals surface area contributed by atoms with Crippen molar-refractivity contribution in [3.05, 3.63) is 72.4 Å². The number of pyridine rings is 2. The molecule has 0 saturated heterocycles. The number of para-hydroxylation sites is 1. The van der Waals surface area contributed by atoms with Gasteiger partial charge >= 0.3 is 0 Å². The Morgan fingerprint density at radius 1 is 0.920 bits per heavy atom. The summed E-state index contributed by atoms with van der Waals surface area (Å²) in [4.78, 5) is 4.69. The topological polar surface area (TPSA) is 29.9 Å². The molecule has 120 valence electrons. The molecule has 3 heteroatoms. The number of nitrogens with zero attached hydrogens (tertiary/aromatic N) is 2. The van der Waals surface area contributed by atoms with Gasteiger partial charge in [-0.25, -0.2) is 9.55 Å². The van der Waals surface area contributed by atoms with Crippen LogP contribution in [0.5, 0.6) is 0 Å². The summed E-state index contributed by atoms with van der Waals surface area (Å²) < 4.78 is 8.19. The van der Waals surface area contributed by atoms with E-state index in [4.69, 9.17) is 9.40 Å². The Balaban J connectivity index is 1.87. The highest BCUT2D eigenvalue weighted by atomic mass is 16.3. The number of hydrogen-bond donors (Lipinski definition) is 0. The standard InChI is InChI=1S/C22H17N2O/c1-14-11-21-17(13-16(14)20-9-5-6-10-24(20)2)18-12-15-7-3-4-8-19(15)23-22(18)25-21/h3-13H,1-2H3/q+1. The first-order chi connectivity index (χ1) is 12.2. The number of aryl methyl sites for hydroxylation is 2. The minimum absolute atomic E-state index is 0.697. The lowest BCUT2D eigenvalue weighted by Gasteiger charge is -2.04. The zero-order chi connectivity index (χ0) is 17.0. The van der Waals surface area contributed by atoms with Crippen LogP contribution < -0.4 is 4.57 Å². The van der Waals surface area contributed by atoms with Crippen LogP contribution in [0, 0.1) is 6.92 Å². The summed E-state index contributed by atoms with van der Waals surface area (Å²) in [7, 11) is 2.07. The molecule has 0 bridgehead atoms. The van der Waals surface area contributed by atoms with Crippen LogP contribution in [0.3, 0.4) is 0 Å². The summed E-state index contributed by atoms with van der Waals surface area (Å²) in [5, 5.41) is 3.30. The largest absolute Gasteiger partial charge is 0.438 e. The second-order valence-corrected chi connectivity index (χ2v) is 6.50. The van der Waals surface area contributed by atoms with Crippen molar-refractivity contribution in [2.75, 3.05) is 0 Å². The first-order valence-corrected chi connectivity index (χ1v) is 8.38. The molecular weight excluding hydrogens is 308 g/mol. The highest BCUT2D eigenvalue weighted by Crippen LogP contribution is 2.34. The van der Waals surface area contributed by atoms with E-state index in [-0.39, 0.29) is 0 Å². The molecule has 0 saturated carbocycles. The third kappa shape index (κ3) is 2.13. The average Bonchev–Trinajstić information content (AvgIpc) is 2.96. The van der Waals surface area contributed by atoms with E-state index in [2.05, 4.69) is 61.1 Å². The molecule has 0 unspecified atom stereocenters. The summed E-state index contributed by atoms with van der Waals surface area (Å²) in [5.74, 6) is 0. The van der Waals surface area contributed by atoms with Gasteiger partial charge in [0.2, 0.25) is 11.4 Å². The van der Waals surface area contributed by atoms with Gasteiger partial charge in [0.15, 0.2) is 6.20 Å². The fourth-order valence-corrected chi connectivity index (χ4v) is 3.53. The highest BCUT2D eigenvalue weighted by Gasteiger charge is 2.16. The predicted molar refractivity (Wildman–Crippen MR) is 100 cm³/mol. The lowest BCUT2D eigenvalue weighted by Crippen LogP contribution is -2.30. The molecule has 3 nitrogen and oxygen atoms in total. The van der Waals surface area contributed by atoms with Crippen LogP contribution in [-0.2, 0) is 7.05 Å². The van der Waals surface area contributed by atoms with Crippen molar-refractivity contribution < 1.29 is 8.98 Å². The molecule has 0 fully saturated rings. The van der Waals surface area contributed by atoms with Crippen molar-refractivity contribution >= 4 is 33.0 Å². The van der Waals surface area contributed by atoms with E-state index in [1.807, 2.05) is 24.3 Å². The molecule has 0 radical (unpaired) electrons. The molecule has 0 aliphatic rings. The van der Waals surface area contributed by atoms with Gasteiger partial charge in [-0.05, 0) is 42.8 Å². The Bertz CT molecular complexity index is 1270. The molecule has 0 atom stereocenters. The number of furan rings is 1. The van der Waals surface area contributed by atoms with Gasteiger partial charge in [-0.15, -0.1) is 0 Å². The monoisotopic (exact) mass is 325 g/mol. The molecule has 2 aromatic carbocycles. The molecule has 5 aromatic rings. The first kappa shape index (κ1) is 14.2. The van der Waals surface area contributed by atoms with Crippen LogP contribution in [-0.4, -0.2) is 4.98 Å². The summed E-state index contributed by atoms with van der Waals surface area (Å²) in [6.07, 6.45) is 2.07. The molecule has 25 heavy (non-hydrogen) atoms. The van der Waals surface area contributed by atoms with Crippen molar-refractivity contribution in [3.63, 3.8) is 0 Å². The maximum atomic E-state index is 6.04. The maximum Gasteiger partial charge on any atom is 0.227 e. The lowest BCUT2D eigenvalue weighted by atomic mass is 10.0. The third-order valence-electron chi connectivity index (χ3n) is 4.84. The molecule has 0 aliphatic carbocycles. The van der Waals surface area contributed by atoms with Gasteiger partial charge in [0.25, 0.3) is 0 Å². The van der Waals surface area contributed by atoms with E-state index in [1.54, 1.807) is 0 Å². The van der Waals surface area contributed by atoms with Gasteiger partial charge in [-0.2, -0.15) is 0 Å². The number of aromatic nitrogens is 2. The highest BCUT2D eigenvalue weighted by molar-refractivity contribution is 6.08. The average molecular weight is 325 g/mol. The summed E-state index contributed by atoms with van der Waals surface area (Å²) >= 11 is 0. The Hall–Kier alpha value is -3.20. The number of hydrogen-bond acceptors (Lipinski definition) is 2. The fourth-order valence-electron chi connectivity index (χ4n) is 3.53. The Kier molecular flexibility index (Phi) is 2.92. The maximum absolute atomic E-state index is 6.04. The van der Waals surface area contributed by atoms with Gasteiger partial charge < -0.3 is 4.42 Å². The van der Waals surface area contributed by atoms with E-state index in [9.17, 15) is 0 Å². The van der Waals surface area contributed by atoms with Crippen molar-refractivity contribution in [2.24, 2.45) is 7.05 Å². The SMILES string of the molecule is Cc1cc2oc3nc4ccccc4cc3c2cc1-c1cccc[n+]1C. The molecule has 0 aliphatic heterocycles. The molecule has 0 N–H and O–H groups in total. The van der Waals surface area contributed by atoms with E-state index in [0.29, 0.717) is 5.71 Å². The normalized spacial score (nSPS) is 11.6. The molecular formula is C22H17N2O+. The van der Waals surface area contributed by atoms with Crippen molar-refractivity contribution in [1.82, 2.24) is 4.98 Å². The second-order valence-electron chi connectivity index (χ2n) is 6.50. The van der Waals surface area contributed by atoms with Crippen LogP contribution in [0.25, 0.3) is 44.2 Å². The fraction of sp³-hybridized carbons (Fsp3) is 0.0909. The van der Waals surface area contributed by atoms with Gasteiger partial charge in [0, 0.05) is 33.9 Å². The molecule has 0 spiro atoms. The molecule has 3 aromatic heterocycles. The van der Waals surface area contributed by atoms with E-state index in [0.717, 1.165) is 27.3 Å². The van der Waals surface area contributed by atoms with Crippen LogP contribution in [0.1, 0.15) is 5.56 Å². The number of rotatable bonds is 1. The van der Waals surface area contributed by atoms with Gasteiger partial charge in [-0.1, -0.05) is 18.2 Å². The van der Waals surface area contributed by atoms with Gasteiger partial charge in [0.05, 0.1) is 5.52 Å². The summed E-state index contributed by atoms with van der Waals surface area (Å²) in [6, 6.07) is 20.9. The van der Waals surface area contributed by atoms with Crippen LogP contribution in [0.4, 0.5) is 0 Å². The van der Waals surface area contributed by atoms with E-state index < -0.39 is 0 Å². The zero-order valence-corrected chi connectivity index (χ0v) is 14.2. The first-order valence-electron chi connectivity index (χ1n) is 8.38. The van der Waals surface area contributed by atoms with Crippen LogP contribution >= 0.6 is 0 Å². The van der Waals surface area contributed by atoms with E-state index in [1.165, 1.54) is 16.8 Å². The Morgan fingerprint density at radius 2 is 1.76 bits per heavy atom. The van der Waals surface area contributed by atoms with Crippen LogP contribution in [0.15, 0.2) is 71.3 Å². The third-order valence-corrected chi connectivity index (χ3v) is 4.84. The smallest absolute Gasteiger partial charge is 0.227 e. The minimum Gasteiger partial charge on any atom is -0.438 e. The van der Waals surface area contributed by atoms with Crippen molar-refractivity contribution in [2.45, 2.75) is 6.92 Å². The molecule has 0 amide bonds. The summed E-state index contributed by atoms with van der Waals surface area (Å²) in [6.45, 7) is 2.12. The summed E-state index contributed by atoms with van der Waals surface area (Å²) in [5.41, 5.74) is 6.13. The minimum atomic E-state index is 0.697. The Morgan fingerprint density at radius 3 is 2.64 bits per heavy atom. The van der Waals surface area contributed by atoms with Crippen molar-refractivity contribution in [3.8, 4) is 11.3 Å². The van der Waals surface area contributed by atoms with Crippen LogP contribution in [0.2, 0.25) is 0 Å². The second kappa shape index (κ2) is 5.15. The number of fused-ring (bicyclic) bond motifs is 4. The number of benzene rings is 2. The molecule has 3 heterocycles. The lowest BCUT2D eigenvalue weighted by molar-refractivity contribution is -0.660. The van der Waals surface area contributed by atoms with Gasteiger partial charge in [-0.3, -0.25) is 0 Å². The van der Waals surface area contributed by atoms with Gasteiger partial charge in [0.1, 0.15) is 12.6 Å². The Labute approximate surface area is 145 Å². The molecule has 5 rings (SSSR count). The van der Waals surface area contributed by atoms with Crippen molar-refractivity contribution in [1.29, 1.82) is 0 Å². The van der Waals surface area contributed by atoms with E-state index >= 15 is 0 Å². The predicted octanol–water partition coefficient (Wildman–Crippen LogP) is 4.93. The quantitative estimate of drug-likeness (QED) is 0.409. The zero-order valence-electron chi connectivity index (χ0n) is 14.2.